The predicted molar refractivity (Wildman–Crippen MR) is 48.2 cm³/mol. The Bertz CT molecular complexity index is 164. The molecule has 0 amide bonds. The number of carbonyl (C=O) groups excluding carboxylic acids is 1. The summed E-state index contributed by atoms with van der Waals surface area (Å²) in [6.07, 6.45) is 1.89. The van der Waals surface area contributed by atoms with E-state index >= 15 is 0 Å². The van der Waals surface area contributed by atoms with Gasteiger partial charge in [-0.1, -0.05) is 0 Å². The highest BCUT2D eigenvalue weighted by Crippen LogP contribution is 2.09. The summed E-state index contributed by atoms with van der Waals surface area (Å²) in [5.74, 6) is -0.159. The van der Waals surface area contributed by atoms with Gasteiger partial charge in [0.25, 0.3) is 0 Å². The van der Waals surface area contributed by atoms with Gasteiger partial charge in [0.1, 0.15) is 6.10 Å². The third-order valence-corrected chi connectivity index (χ3v) is 1.99. The lowest BCUT2D eigenvalue weighted by Crippen LogP contribution is -2.21. The smallest absolute Gasteiger partial charge is 0.306 e. The molecule has 0 aliphatic carbocycles. The van der Waals surface area contributed by atoms with Crippen LogP contribution in [0.15, 0.2) is 0 Å². The average Bonchev–Trinajstić information content (AvgIpc) is 2.53. The van der Waals surface area contributed by atoms with Gasteiger partial charge in [0.05, 0.1) is 13.2 Å². The molecule has 1 saturated heterocycles. The molecule has 0 saturated carbocycles. The molecule has 1 rings (SSSR count). The highest BCUT2D eigenvalue weighted by atomic mass is 16.6. The lowest BCUT2D eigenvalue weighted by atomic mass is 10.2. The Hall–Kier alpha value is -0.610. The van der Waals surface area contributed by atoms with Crippen molar-refractivity contribution in [2.45, 2.75) is 38.3 Å². The van der Waals surface area contributed by atoms with E-state index in [1.54, 1.807) is 0 Å². The minimum absolute atomic E-state index is 0.0272. The first-order chi connectivity index (χ1) is 6.18. The van der Waals surface area contributed by atoms with E-state index in [0.717, 1.165) is 6.42 Å². The molecule has 4 heteroatoms. The molecule has 0 spiro atoms. The Labute approximate surface area is 78.4 Å². The number of nitrogens with two attached hydrogens (primary N) is 1. The minimum atomic E-state index is -0.159. The van der Waals surface area contributed by atoms with Gasteiger partial charge in [-0.15, -0.1) is 0 Å². The van der Waals surface area contributed by atoms with E-state index in [2.05, 4.69) is 0 Å². The molecule has 0 aromatic carbocycles. The molecule has 76 valence electrons. The molecule has 2 N–H and O–H groups in total. The van der Waals surface area contributed by atoms with Crippen LogP contribution in [0.3, 0.4) is 0 Å². The van der Waals surface area contributed by atoms with Gasteiger partial charge in [-0.05, 0) is 13.3 Å². The van der Waals surface area contributed by atoms with E-state index in [1.807, 2.05) is 6.92 Å². The van der Waals surface area contributed by atoms with Gasteiger partial charge < -0.3 is 15.2 Å². The third kappa shape index (κ3) is 4.24. The van der Waals surface area contributed by atoms with Crippen LogP contribution in [0.1, 0.15) is 26.2 Å². The van der Waals surface area contributed by atoms with Crippen LogP contribution in [-0.4, -0.2) is 31.3 Å². The van der Waals surface area contributed by atoms with Gasteiger partial charge >= 0.3 is 5.97 Å². The second kappa shape index (κ2) is 5.19. The van der Waals surface area contributed by atoms with Gasteiger partial charge in [0.2, 0.25) is 0 Å². The van der Waals surface area contributed by atoms with Gasteiger partial charge in [-0.2, -0.15) is 0 Å². The second-order valence-corrected chi connectivity index (χ2v) is 3.49. The zero-order chi connectivity index (χ0) is 9.68. The molecule has 4 nitrogen and oxygen atoms in total. The van der Waals surface area contributed by atoms with Crippen LogP contribution in [0.4, 0.5) is 0 Å². The van der Waals surface area contributed by atoms with Crippen molar-refractivity contribution in [3.8, 4) is 0 Å². The lowest BCUT2D eigenvalue weighted by Gasteiger charge is -2.10. The maximum Gasteiger partial charge on any atom is 0.306 e. The molecular weight excluding hydrogens is 170 g/mol. The normalized spacial score (nSPS) is 24.3. The molecule has 0 aromatic rings. The summed E-state index contributed by atoms with van der Waals surface area (Å²) in [6, 6.07) is 0.0624. The Morgan fingerprint density at radius 3 is 3.08 bits per heavy atom. The van der Waals surface area contributed by atoms with Gasteiger partial charge in [0, 0.05) is 18.9 Å². The summed E-state index contributed by atoms with van der Waals surface area (Å²) < 4.78 is 10.2. The van der Waals surface area contributed by atoms with Crippen molar-refractivity contribution in [3.05, 3.63) is 0 Å². The van der Waals surface area contributed by atoms with Gasteiger partial charge in [-0.3, -0.25) is 4.79 Å². The SMILES string of the molecule is CC(N)CCC(=O)OC1CCOC1. The van der Waals surface area contributed by atoms with Crippen LogP contribution in [0.2, 0.25) is 0 Å². The number of ether oxygens (including phenoxy) is 2. The highest BCUT2D eigenvalue weighted by molar-refractivity contribution is 5.69. The third-order valence-electron chi connectivity index (χ3n) is 1.99. The molecule has 1 aliphatic rings. The summed E-state index contributed by atoms with van der Waals surface area (Å²) in [5.41, 5.74) is 5.52. The van der Waals surface area contributed by atoms with Crippen molar-refractivity contribution in [2.24, 2.45) is 5.73 Å². The number of esters is 1. The van der Waals surface area contributed by atoms with Gasteiger partial charge in [0.15, 0.2) is 0 Å². The predicted octanol–water partition coefficient (Wildman–Crippen LogP) is 0.446. The zero-order valence-electron chi connectivity index (χ0n) is 7.99. The molecule has 0 radical (unpaired) electrons. The first-order valence-electron chi connectivity index (χ1n) is 4.71. The fourth-order valence-corrected chi connectivity index (χ4v) is 1.20. The molecule has 0 aromatic heterocycles. The Morgan fingerprint density at radius 2 is 2.54 bits per heavy atom. The van der Waals surface area contributed by atoms with Crippen LogP contribution in [0.5, 0.6) is 0 Å². The quantitative estimate of drug-likeness (QED) is 0.649. The van der Waals surface area contributed by atoms with E-state index < -0.39 is 0 Å². The molecule has 13 heavy (non-hydrogen) atoms. The van der Waals surface area contributed by atoms with Crippen LogP contribution >= 0.6 is 0 Å². The van der Waals surface area contributed by atoms with E-state index in [-0.39, 0.29) is 18.1 Å². The Morgan fingerprint density at radius 1 is 1.77 bits per heavy atom. The van der Waals surface area contributed by atoms with Crippen LogP contribution < -0.4 is 5.73 Å². The number of hydrogen-bond acceptors (Lipinski definition) is 4. The topological polar surface area (TPSA) is 61.6 Å². The van der Waals surface area contributed by atoms with Crippen molar-refractivity contribution in [1.82, 2.24) is 0 Å². The monoisotopic (exact) mass is 187 g/mol. The summed E-state index contributed by atoms with van der Waals surface area (Å²) in [6.45, 7) is 3.13. The van der Waals surface area contributed by atoms with Crippen LogP contribution in [-0.2, 0) is 14.3 Å². The van der Waals surface area contributed by atoms with E-state index in [1.165, 1.54) is 0 Å². The average molecular weight is 187 g/mol. The molecule has 2 atom stereocenters. The van der Waals surface area contributed by atoms with Crippen LogP contribution in [0.25, 0.3) is 0 Å². The Kier molecular flexibility index (Phi) is 4.18. The first-order valence-corrected chi connectivity index (χ1v) is 4.71. The minimum Gasteiger partial charge on any atom is -0.460 e. The number of hydrogen-bond donors (Lipinski definition) is 1. The number of rotatable bonds is 4. The first kappa shape index (κ1) is 10.5. The largest absolute Gasteiger partial charge is 0.460 e. The van der Waals surface area contributed by atoms with Crippen molar-refractivity contribution < 1.29 is 14.3 Å². The summed E-state index contributed by atoms with van der Waals surface area (Å²) in [7, 11) is 0. The van der Waals surface area contributed by atoms with Crippen molar-refractivity contribution in [1.29, 1.82) is 0 Å². The van der Waals surface area contributed by atoms with E-state index in [4.69, 9.17) is 15.2 Å². The molecule has 1 fully saturated rings. The van der Waals surface area contributed by atoms with Crippen molar-refractivity contribution in [2.75, 3.05) is 13.2 Å². The maximum atomic E-state index is 11.2. The molecular formula is C9H17NO3. The summed E-state index contributed by atoms with van der Waals surface area (Å²) in [5, 5.41) is 0. The second-order valence-electron chi connectivity index (χ2n) is 3.49. The molecule has 1 heterocycles. The van der Waals surface area contributed by atoms with Crippen molar-refractivity contribution >= 4 is 5.97 Å². The van der Waals surface area contributed by atoms with Crippen molar-refractivity contribution in [3.63, 3.8) is 0 Å². The Balaban J connectivity index is 2.09. The maximum absolute atomic E-state index is 11.2. The summed E-state index contributed by atoms with van der Waals surface area (Å²) in [4.78, 5) is 11.2. The molecule has 2 unspecified atom stereocenters. The fourth-order valence-electron chi connectivity index (χ4n) is 1.20. The standard InChI is InChI=1S/C9H17NO3/c1-7(10)2-3-9(11)13-8-4-5-12-6-8/h7-8H,2-6,10H2,1H3. The fraction of sp³-hybridized carbons (Fsp3) is 0.889. The molecule has 1 aliphatic heterocycles. The van der Waals surface area contributed by atoms with E-state index in [9.17, 15) is 4.79 Å². The lowest BCUT2D eigenvalue weighted by molar-refractivity contribution is -0.149. The zero-order valence-corrected chi connectivity index (χ0v) is 7.99. The van der Waals surface area contributed by atoms with Crippen LogP contribution in [0, 0.1) is 0 Å². The van der Waals surface area contributed by atoms with E-state index in [0.29, 0.717) is 26.1 Å². The van der Waals surface area contributed by atoms with Gasteiger partial charge in [-0.25, -0.2) is 0 Å². The molecule has 0 bridgehead atoms. The highest BCUT2D eigenvalue weighted by Gasteiger charge is 2.19. The summed E-state index contributed by atoms with van der Waals surface area (Å²) >= 11 is 0. The number of carbonyl (C=O) groups is 1.